The number of anilines is 12. The van der Waals surface area contributed by atoms with E-state index in [2.05, 4.69) is 117 Å². The molecule has 16 N–H and O–H groups in total. The van der Waals surface area contributed by atoms with E-state index in [1.54, 1.807) is 54.7 Å². The van der Waals surface area contributed by atoms with Gasteiger partial charge in [0.05, 0.1) is 38.8 Å². The van der Waals surface area contributed by atoms with E-state index < -0.39 is 36.0 Å². The number of nitrogens with two attached hydrogens (primary N) is 2. The first-order valence-electron chi connectivity index (χ1n) is 31.8. The molecule has 0 saturated heterocycles. The maximum Gasteiger partial charge on any atom is 0.335 e. The van der Waals surface area contributed by atoms with Crippen molar-refractivity contribution in [3.63, 3.8) is 0 Å². The number of hydrogen-bond donors (Lipinski definition) is 14. The van der Waals surface area contributed by atoms with Gasteiger partial charge in [-0.15, -0.1) is 22.7 Å². The zero-order chi connectivity index (χ0) is 74.2. The van der Waals surface area contributed by atoms with Gasteiger partial charge in [0.2, 0.25) is 31.9 Å². The highest BCUT2D eigenvalue weighted by Crippen LogP contribution is 2.43. The minimum Gasteiger partial charge on any atom is -0.478 e. The smallest absolute Gasteiger partial charge is 0.335 e. The van der Waals surface area contributed by atoms with Gasteiger partial charge >= 0.3 is 5.97 Å². The highest BCUT2D eigenvalue weighted by atomic mass is 35.5. The average molecular weight is 1600 g/mol. The number of aryl methyl sites for hydroxylation is 1. The van der Waals surface area contributed by atoms with Crippen LogP contribution in [0.15, 0.2) is 141 Å². The molecule has 42 heteroatoms. The molecule has 0 unspecified atom stereocenters. The summed E-state index contributed by atoms with van der Waals surface area (Å²) in [7, 11) is -7.81. The Hall–Kier alpha value is -10.2. The Morgan fingerprint density at radius 2 is 1.05 bits per heavy atom. The molecule has 3 saturated carbocycles. The molecule has 3 aliphatic carbocycles. The highest BCUT2D eigenvalue weighted by molar-refractivity contribution is 7.92. The molecule has 105 heavy (non-hydrogen) atoms. The monoisotopic (exact) mass is 1590 g/mol. The number of halogens is 3. The Bertz CT molecular complexity index is 5470. The number of hydrogen-bond acceptors (Lipinski definition) is 28. The molecule has 0 spiro atoms. The van der Waals surface area contributed by atoms with Gasteiger partial charge in [0, 0.05) is 120 Å². The number of aromatic carboxylic acids is 1. The van der Waals surface area contributed by atoms with Crippen LogP contribution < -0.4 is 47.5 Å². The summed E-state index contributed by atoms with van der Waals surface area (Å²) in [5.41, 5.74) is 10.9. The van der Waals surface area contributed by atoms with Crippen molar-refractivity contribution in [2.45, 2.75) is 76.5 Å². The summed E-state index contributed by atoms with van der Waals surface area (Å²) < 4.78 is 75.4. The topological polar surface area (TPSA) is 497 Å². The van der Waals surface area contributed by atoms with Crippen LogP contribution in [0, 0.1) is 6.92 Å². The average Bonchev–Trinajstić information content (AvgIpc) is 1.67. The zero-order valence-electron chi connectivity index (χ0n) is 55.5. The second-order valence-corrected chi connectivity index (χ2v) is 33.1. The third kappa shape index (κ3) is 20.0. The predicted molar refractivity (Wildman–Crippen MR) is 416 cm³/mol. The predicted octanol–water partition coefficient (Wildman–Crippen LogP) is 13.2. The Morgan fingerprint density at radius 1 is 0.562 bits per heavy atom. The number of carbonyl (C=O) groups is 1. The molecule has 0 radical (unpaired) electrons. The van der Waals surface area contributed by atoms with Crippen LogP contribution in [0.5, 0.6) is 0 Å². The first kappa shape index (κ1) is 74.5. The third-order valence-corrected chi connectivity index (χ3v) is 23.4. The summed E-state index contributed by atoms with van der Waals surface area (Å²) in [4.78, 5) is 46.6. The third-order valence-electron chi connectivity index (χ3n) is 15.3. The number of sulfonamides is 3. The molecule has 10 heterocycles. The van der Waals surface area contributed by atoms with Gasteiger partial charge in [0.15, 0.2) is 52.4 Å². The first-order valence-corrected chi connectivity index (χ1v) is 39.0. The molecular weight excluding hydrogens is 1520 g/mol. The van der Waals surface area contributed by atoms with Crippen LogP contribution >= 0.6 is 57.5 Å². The number of primary sulfonamides is 1. The van der Waals surface area contributed by atoms with Crippen LogP contribution in [0.4, 0.5) is 69.8 Å². The molecule has 560 valence electrons. The lowest BCUT2D eigenvalue weighted by molar-refractivity contribution is 0.0696. The lowest BCUT2D eigenvalue weighted by Gasteiger charge is -2.09. The van der Waals surface area contributed by atoms with Crippen LogP contribution in [-0.2, 0) is 30.1 Å². The number of nitrogens with zero attached hydrogens (tertiary/aromatic N) is 13. The van der Waals surface area contributed by atoms with E-state index in [0.29, 0.717) is 118 Å². The van der Waals surface area contributed by atoms with Crippen molar-refractivity contribution in [3.05, 3.63) is 171 Å². The van der Waals surface area contributed by atoms with Gasteiger partial charge in [0.25, 0.3) is 10.0 Å². The van der Waals surface area contributed by atoms with Crippen molar-refractivity contribution >= 4 is 163 Å². The fourth-order valence-corrected chi connectivity index (χ4v) is 15.2. The van der Waals surface area contributed by atoms with Crippen molar-refractivity contribution in [2.75, 3.05) is 59.1 Å². The lowest BCUT2D eigenvalue weighted by atomic mass is 10.2. The van der Waals surface area contributed by atoms with Gasteiger partial charge < -0.3 is 42.7 Å². The van der Waals surface area contributed by atoms with Crippen molar-refractivity contribution in [1.29, 1.82) is 0 Å². The van der Waals surface area contributed by atoms with E-state index in [1.807, 2.05) is 31.2 Å². The summed E-state index contributed by atoms with van der Waals surface area (Å²) in [5.74, 6) is 6.42. The second-order valence-electron chi connectivity index (χ2n) is 23.7. The zero-order valence-corrected chi connectivity index (χ0v) is 61.8. The molecule has 10 aromatic heterocycles. The van der Waals surface area contributed by atoms with Crippen LogP contribution in [0.25, 0.3) is 21.4 Å². The lowest BCUT2D eigenvalue weighted by Crippen LogP contribution is -2.28. The van der Waals surface area contributed by atoms with Gasteiger partial charge in [-0.2, -0.15) is 30.4 Å². The maximum absolute atomic E-state index is 12.3. The fraction of sp³-hybridized carbons (Fsp3) is 0.222. The van der Waals surface area contributed by atoms with Crippen molar-refractivity contribution in [2.24, 2.45) is 10.9 Å². The summed E-state index contributed by atoms with van der Waals surface area (Å²) in [5, 5.41) is 62.1. The SMILES string of the molecule is CN(C)S(=O)(=O)c1ccc(-c2ncc(Cl)c(Nc3cc(C4CC4)[nH]n3)n2)s1.Cc1cc(Nc2ccnc(Nc3ccc(S(N)(=O)=O)cc3)n2)n[nH]1.NCCNS(=O)(=O)c1ccc(-c2ncc(Cl)c(Nc3cc(C4CC4)[nH]n3)n2)s1.O=C(O)c1cccc(Nc2ncc(Cl)c(Nc3cc(C4CC4)[nH]n3)n2)c1.[HH].[HH].[HH].[HH].[HH].[HH].[HH]. The Labute approximate surface area is 633 Å². The van der Waals surface area contributed by atoms with E-state index in [1.165, 1.54) is 106 Å². The minimum absolute atomic E-state index is 0. The van der Waals surface area contributed by atoms with Gasteiger partial charge in [-0.25, -0.2) is 74.1 Å². The van der Waals surface area contributed by atoms with Gasteiger partial charge in [-0.05, 0) is 118 Å². The van der Waals surface area contributed by atoms with Crippen LogP contribution in [-0.4, -0.2) is 148 Å². The Balaban J connectivity index is 0.000000262. The van der Waals surface area contributed by atoms with E-state index in [0.717, 1.165) is 45.4 Å². The van der Waals surface area contributed by atoms with E-state index >= 15 is 0 Å². The molecule has 0 amide bonds. The number of aromatic nitrogens is 16. The number of H-pyrrole nitrogens is 4. The molecule has 2 aromatic carbocycles. The fourth-order valence-electron chi connectivity index (χ4n) is 9.46. The molecule has 15 rings (SSSR count). The number of benzene rings is 2. The van der Waals surface area contributed by atoms with Crippen molar-refractivity contribution in [3.8, 4) is 21.4 Å². The molecular formula is C63H79Cl3N26O8S5. The summed E-state index contributed by atoms with van der Waals surface area (Å²) in [6.07, 6.45) is 13.1. The minimum atomic E-state index is -3.71. The summed E-state index contributed by atoms with van der Waals surface area (Å²) >= 11 is 20.8. The number of nitrogens with one attached hydrogen (secondary N) is 11. The highest BCUT2D eigenvalue weighted by Gasteiger charge is 2.29. The molecule has 3 aliphatic rings. The van der Waals surface area contributed by atoms with Crippen molar-refractivity contribution < 1.29 is 45.1 Å². The number of carboxylic acid groups (broad SMARTS) is 1. The van der Waals surface area contributed by atoms with Crippen LogP contribution in [0.1, 0.15) is 99.4 Å². The van der Waals surface area contributed by atoms with Gasteiger partial charge in [0.1, 0.15) is 29.3 Å². The van der Waals surface area contributed by atoms with E-state index in [9.17, 15) is 30.0 Å². The van der Waals surface area contributed by atoms with Crippen molar-refractivity contribution in [1.82, 2.24) is 89.7 Å². The quantitative estimate of drug-likeness (QED) is 0.0253. The number of aromatic amines is 4. The first-order chi connectivity index (χ1) is 50.3. The van der Waals surface area contributed by atoms with Gasteiger partial charge in [-0.3, -0.25) is 20.4 Å². The molecule has 3 fully saturated rings. The molecule has 0 aliphatic heterocycles. The largest absolute Gasteiger partial charge is 0.478 e. The molecule has 0 bridgehead atoms. The summed E-state index contributed by atoms with van der Waals surface area (Å²) in [6, 6.07) is 28.2. The molecule has 12 aromatic rings. The number of rotatable bonds is 25. The van der Waals surface area contributed by atoms with E-state index in [4.69, 9.17) is 50.8 Å². The maximum atomic E-state index is 12.3. The summed E-state index contributed by atoms with van der Waals surface area (Å²) in [6.45, 7) is 2.30. The number of carboxylic acids is 1. The normalized spacial score (nSPS) is 13.5. The van der Waals surface area contributed by atoms with E-state index in [-0.39, 0.29) is 47.9 Å². The second kappa shape index (κ2) is 32.5. The Kier molecular flexibility index (Phi) is 23.0. The van der Waals surface area contributed by atoms with Gasteiger partial charge in [-0.1, -0.05) is 40.9 Å². The van der Waals surface area contributed by atoms with Crippen LogP contribution in [0.2, 0.25) is 15.1 Å². The van der Waals surface area contributed by atoms with Crippen LogP contribution in [0.3, 0.4) is 0 Å². The Morgan fingerprint density at radius 3 is 1.54 bits per heavy atom. The standard InChI is InChI=1S/C17H15ClN6O2.C16H18ClN7O2S2.C16H17ClN6O2S2.C14H15N7O2S.7H2/c18-12-8-19-17(20-11-3-1-2-10(6-11)16(25)26)22-15(12)21-14-7-13(23-24-14)9-4-5-9;17-10-8-19-16(12-3-4-14(27-12)28(25,26)20-6-5-18)22-15(10)21-13-7-11(23-24-13)9-1-2-9;1-23(2)27(24,25)14-6-5-12(26-14)16-18-8-10(17)15(20-16)19-13-7-11(21-22-13)9-3-4-9;1-9-8-13(21-20-9)18-12-6-7-16-14(19-12)17-10-2-4-11(5-3-10)24(15,22)23;;;;;;;/h1-3,6-9H,4-5H2,(H,25,26)(H3,19,20,21,22,23,24);3-4,7-9,20H,1-2,5-6,18H2,(H2,19,21,22,23,24);5-9H,3-4H2,1-2H3,(H2,18,19,20,21,22);2-8H,1H3,(H2,15,22,23)(H3,16,17,18,19,20,21);7*1H. The molecule has 0 atom stereocenters. The molecule has 34 nitrogen and oxygen atoms in total. The number of thiophene rings is 2.